The number of hydrogen-bond acceptors (Lipinski definition) is 6. The number of aliphatic hydroxyl groups is 1. The number of halogens is 1. The molecule has 1 N–H and O–H groups in total. The first-order valence-corrected chi connectivity index (χ1v) is 9.92. The van der Waals surface area contributed by atoms with Gasteiger partial charge in [-0.15, -0.1) is 0 Å². The summed E-state index contributed by atoms with van der Waals surface area (Å²) in [5.41, 5.74) is 0.995. The molecule has 0 heterocycles. The normalized spacial score (nSPS) is 12.1. The van der Waals surface area contributed by atoms with Gasteiger partial charge in [-0.05, 0) is 36.8 Å². The van der Waals surface area contributed by atoms with E-state index in [1.54, 1.807) is 45.6 Å². The zero-order valence-electron chi connectivity index (χ0n) is 17.3. The van der Waals surface area contributed by atoms with Crippen molar-refractivity contribution in [2.45, 2.75) is 19.1 Å². The van der Waals surface area contributed by atoms with Crippen molar-refractivity contribution >= 4 is 11.6 Å². The van der Waals surface area contributed by atoms with E-state index < -0.39 is 6.10 Å². The SMILES string of the molecule is COCCCN(Cc1cccc(OC)c1OC)C[C@@H](O)COc1ccc(Cl)cc1. The number of nitrogens with zero attached hydrogens (tertiary/aromatic N) is 1. The molecule has 0 spiro atoms. The number of para-hydroxylation sites is 1. The third-order valence-electron chi connectivity index (χ3n) is 4.43. The number of ether oxygens (including phenoxy) is 4. The number of hydrogen-bond donors (Lipinski definition) is 1. The third kappa shape index (κ3) is 7.74. The third-order valence-corrected chi connectivity index (χ3v) is 4.68. The summed E-state index contributed by atoms with van der Waals surface area (Å²) in [7, 11) is 4.94. The number of rotatable bonds is 13. The highest BCUT2D eigenvalue weighted by Crippen LogP contribution is 2.31. The predicted molar refractivity (Wildman–Crippen MR) is 114 cm³/mol. The van der Waals surface area contributed by atoms with Crippen LogP contribution in [0.2, 0.25) is 5.02 Å². The van der Waals surface area contributed by atoms with Gasteiger partial charge < -0.3 is 24.1 Å². The van der Waals surface area contributed by atoms with Crippen molar-refractivity contribution in [3.63, 3.8) is 0 Å². The van der Waals surface area contributed by atoms with E-state index in [1.807, 2.05) is 18.2 Å². The van der Waals surface area contributed by atoms with Crippen molar-refractivity contribution in [1.29, 1.82) is 0 Å². The van der Waals surface area contributed by atoms with E-state index >= 15 is 0 Å². The lowest BCUT2D eigenvalue weighted by atomic mass is 10.1. The minimum absolute atomic E-state index is 0.192. The molecule has 6 nitrogen and oxygen atoms in total. The molecule has 0 saturated heterocycles. The average molecular weight is 424 g/mol. The molecule has 0 radical (unpaired) electrons. The summed E-state index contributed by atoms with van der Waals surface area (Å²) >= 11 is 5.89. The van der Waals surface area contributed by atoms with E-state index in [1.165, 1.54) is 0 Å². The minimum atomic E-state index is -0.648. The van der Waals surface area contributed by atoms with Crippen LogP contribution in [0.25, 0.3) is 0 Å². The molecule has 2 aromatic rings. The van der Waals surface area contributed by atoms with Gasteiger partial charge in [-0.1, -0.05) is 23.7 Å². The fraction of sp³-hybridized carbons (Fsp3) is 0.455. The molecule has 2 aromatic carbocycles. The number of benzene rings is 2. The molecule has 0 unspecified atom stereocenters. The Labute approximate surface area is 177 Å². The van der Waals surface area contributed by atoms with Gasteiger partial charge in [0.1, 0.15) is 18.5 Å². The molecule has 29 heavy (non-hydrogen) atoms. The fourth-order valence-corrected chi connectivity index (χ4v) is 3.19. The van der Waals surface area contributed by atoms with Crippen LogP contribution in [-0.2, 0) is 11.3 Å². The minimum Gasteiger partial charge on any atom is -0.493 e. The number of methoxy groups -OCH3 is 3. The van der Waals surface area contributed by atoms with Crippen LogP contribution < -0.4 is 14.2 Å². The topological polar surface area (TPSA) is 60.4 Å². The molecule has 0 fully saturated rings. The van der Waals surface area contributed by atoms with Gasteiger partial charge in [0.2, 0.25) is 0 Å². The van der Waals surface area contributed by atoms with Crippen molar-refractivity contribution in [3.8, 4) is 17.2 Å². The van der Waals surface area contributed by atoms with Gasteiger partial charge in [-0.2, -0.15) is 0 Å². The molecule has 0 aliphatic heterocycles. The van der Waals surface area contributed by atoms with Crippen LogP contribution in [0.1, 0.15) is 12.0 Å². The van der Waals surface area contributed by atoms with Crippen LogP contribution in [0, 0.1) is 0 Å². The Morgan fingerprint density at radius 3 is 2.45 bits per heavy atom. The summed E-state index contributed by atoms with van der Waals surface area (Å²) in [6.45, 7) is 2.69. The molecule has 0 saturated carbocycles. The van der Waals surface area contributed by atoms with E-state index in [2.05, 4.69) is 4.90 Å². The van der Waals surface area contributed by atoms with Crippen LogP contribution in [0.5, 0.6) is 17.2 Å². The predicted octanol–water partition coefficient (Wildman–Crippen LogP) is 3.64. The first-order chi connectivity index (χ1) is 14.1. The molecule has 7 heteroatoms. The summed E-state index contributed by atoms with van der Waals surface area (Å²) in [4.78, 5) is 2.16. The van der Waals surface area contributed by atoms with Crippen molar-refractivity contribution in [3.05, 3.63) is 53.1 Å². The first-order valence-electron chi connectivity index (χ1n) is 9.55. The van der Waals surface area contributed by atoms with E-state index in [4.69, 9.17) is 30.5 Å². The van der Waals surface area contributed by atoms with Gasteiger partial charge in [-0.3, -0.25) is 4.90 Å². The highest BCUT2D eigenvalue weighted by molar-refractivity contribution is 6.30. The number of aliphatic hydroxyl groups excluding tert-OH is 1. The van der Waals surface area contributed by atoms with Gasteiger partial charge in [0, 0.05) is 43.9 Å². The Balaban J connectivity index is 2.00. The highest BCUT2D eigenvalue weighted by atomic mass is 35.5. The maximum Gasteiger partial charge on any atom is 0.165 e. The van der Waals surface area contributed by atoms with Crippen molar-refractivity contribution < 1.29 is 24.1 Å². The zero-order valence-corrected chi connectivity index (χ0v) is 18.0. The largest absolute Gasteiger partial charge is 0.493 e. The van der Waals surface area contributed by atoms with Crippen molar-refractivity contribution in [1.82, 2.24) is 4.90 Å². The molecule has 0 aromatic heterocycles. The molecular formula is C22H30ClNO5. The molecule has 0 bridgehead atoms. The second kappa shape index (κ2) is 12.5. The average Bonchev–Trinajstić information content (AvgIpc) is 2.73. The fourth-order valence-electron chi connectivity index (χ4n) is 3.06. The first kappa shape index (κ1) is 23.3. The van der Waals surface area contributed by atoms with Gasteiger partial charge >= 0.3 is 0 Å². The lowest BCUT2D eigenvalue weighted by Gasteiger charge is -2.26. The molecule has 160 valence electrons. The van der Waals surface area contributed by atoms with Crippen LogP contribution >= 0.6 is 11.6 Å². The summed E-state index contributed by atoms with van der Waals surface area (Å²) in [6.07, 6.45) is 0.206. The Morgan fingerprint density at radius 2 is 1.79 bits per heavy atom. The standard InChI is InChI=1S/C22H30ClNO5/c1-26-13-5-12-24(14-17-6-4-7-21(27-2)22(17)28-3)15-19(25)16-29-20-10-8-18(23)9-11-20/h4,6-11,19,25H,5,12-16H2,1-3H3/t19-/m1/s1. The maximum atomic E-state index is 10.5. The van der Waals surface area contributed by atoms with E-state index in [-0.39, 0.29) is 6.61 Å². The Morgan fingerprint density at radius 1 is 1.03 bits per heavy atom. The van der Waals surface area contributed by atoms with Crippen LogP contribution in [-0.4, -0.2) is 63.7 Å². The quantitative estimate of drug-likeness (QED) is 0.496. The van der Waals surface area contributed by atoms with Crippen molar-refractivity contribution in [2.24, 2.45) is 0 Å². The lowest BCUT2D eigenvalue weighted by Crippen LogP contribution is -2.36. The second-order valence-corrected chi connectivity index (χ2v) is 7.09. The molecule has 0 aliphatic rings. The molecule has 0 amide bonds. The molecule has 1 atom stereocenters. The van der Waals surface area contributed by atoms with Crippen LogP contribution in [0.3, 0.4) is 0 Å². The summed E-state index contributed by atoms with van der Waals surface area (Å²) in [5.74, 6) is 2.07. The van der Waals surface area contributed by atoms with Gasteiger partial charge in [0.15, 0.2) is 11.5 Å². The van der Waals surface area contributed by atoms with Gasteiger partial charge in [-0.25, -0.2) is 0 Å². The molecule has 0 aliphatic carbocycles. The smallest absolute Gasteiger partial charge is 0.165 e. The Bertz CT molecular complexity index is 726. The zero-order chi connectivity index (χ0) is 21.1. The molecular weight excluding hydrogens is 394 g/mol. The molecule has 2 rings (SSSR count). The van der Waals surface area contributed by atoms with Crippen LogP contribution in [0.4, 0.5) is 0 Å². The second-order valence-electron chi connectivity index (χ2n) is 6.65. The summed E-state index contributed by atoms with van der Waals surface area (Å²) in [5, 5.41) is 11.2. The monoisotopic (exact) mass is 423 g/mol. The van der Waals surface area contributed by atoms with Gasteiger partial charge in [0.05, 0.1) is 14.2 Å². The highest BCUT2D eigenvalue weighted by Gasteiger charge is 2.17. The lowest BCUT2D eigenvalue weighted by molar-refractivity contribution is 0.0614. The van der Waals surface area contributed by atoms with E-state index in [0.29, 0.717) is 42.0 Å². The summed E-state index contributed by atoms with van der Waals surface area (Å²) in [6, 6.07) is 12.9. The summed E-state index contributed by atoms with van der Waals surface area (Å²) < 4.78 is 21.8. The Hall–Kier alpha value is -1.99. The van der Waals surface area contributed by atoms with Crippen LogP contribution in [0.15, 0.2) is 42.5 Å². The van der Waals surface area contributed by atoms with Gasteiger partial charge in [0.25, 0.3) is 0 Å². The maximum absolute atomic E-state index is 10.5. The van der Waals surface area contributed by atoms with Crippen molar-refractivity contribution in [2.75, 3.05) is 47.6 Å². The Kier molecular flexibility index (Phi) is 10.1. The van der Waals surface area contributed by atoms with E-state index in [0.717, 1.165) is 18.5 Å². The van der Waals surface area contributed by atoms with E-state index in [9.17, 15) is 5.11 Å².